The molecule has 0 unspecified atom stereocenters. The van der Waals surface area contributed by atoms with Crippen molar-refractivity contribution in [3.05, 3.63) is 17.7 Å². The van der Waals surface area contributed by atoms with Gasteiger partial charge in [-0.25, -0.2) is 5.01 Å². The molecule has 0 atom stereocenters. The van der Waals surface area contributed by atoms with Crippen LogP contribution in [-0.4, -0.2) is 30.8 Å². The van der Waals surface area contributed by atoms with E-state index < -0.39 is 0 Å². The van der Waals surface area contributed by atoms with Crippen molar-refractivity contribution in [1.82, 2.24) is 10.4 Å². The summed E-state index contributed by atoms with van der Waals surface area (Å²) in [5.41, 5.74) is 9.60. The third kappa shape index (κ3) is 2.44. The number of anilines is 1. The molecule has 3 N–H and O–H groups in total. The Morgan fingerprint density at radius 2 is 1.84 bits per heavy atom. The fourth-order valence-corrected chi connectivity index (χ4v) is 2.36. The fraction of sp³-hybridized carbons (Fsp3) is 0.462. The number of nitrogens with one attached hydrogen (secondary N) is 1. The highest BCUT2D eigenvalue weighted by Gasteiger charge is 2.21. The number of hydrazine groups is 1. The second kappa shape index (κ2) is 4.97. The predicted octanol–water partition coefficient (Wildman–Crippen LogP) is 1.13. The first-order valence-electron chi connectivity index (χ1n) is 6.49. The third-order valence-electron chi connectivity index (χ3n) is 3.41. The molecule has 1 amide bonds. The van der Waals surface area contributed by atoms with Crippen LogP contribution in [0.1, 0.15) is 29.6 Å². The molecule has 1 fully saturated rings. The third-order valence-corrected chi connectivity index (χ3v) is 3.41. The Balaban J connectivity index is 1.75. The van der Waals surface area contributed by atoms with E-state index >= 15 is 0 Å². The molecule has 1 aromatic rings. The zero-order valence-corrected chi connectivity index (χ0v) is 10.6. The molecule has 0 bridgehead atoms. The number of nitrogens with two attached hydrogens (primary N) is 1. The van der Waals surface area contributed by atoms with Gasteiger partial charge in [0, 0.05) is 24.8 Å². The van der Waals surface area contributed by atoms with Crippen molar-refractivity contribution in [2.45, 2.75) is 19.3 Å². The molecule has 0 spiro atoms. The molecule has 0 aromatic heterocycles. The predicted molar refractivity (Wildman–Crippen MR) is 69.9 cm³/mol. The van der Waals surface area contributed by atoms with Gasteiger partial charge in [0.25, 0.3) is 5.91 Å². The van der Waals surface area contributed by atoms with E-state index in [1.165, 1.54) is 6.42 Å². The zero-order chi connectivity index (χ0) is 13.2. The van der Waals surface area contributed by atoms with Crippen molar-refractivity contribution in [2.24, 2.45) is 0 Å². The van der Waals surface area contributed by atoms with E-state index in [1.54, 1.807) is 12.1 Å². The molecule has 2 aliphatic heterocycles. The van der Waals surface area contributed by atoms with Crippen LogP contribution in [0.25, 0.3) is 0 Å². The molecule has 0 aliphatic carbocycles. The number of nitrogen functional groups attached to an aromatic ring is 1. The van der Waals surface area contributed by atoms with E-state index in [2.05, 4.69) is 5.43 Å². The molecule has 0 saturated carbocycles. The van der Waals surface area contributed by atoms with Crippen molar-refractivity contribution in [3.8, 4) is 11.5 Å². The van der Waals surface area contributed by atoms with Crippen LogP contribution in [0.5, 0.6) is 11.5 Å². The summed E-state index contributed by atoms with van der Waals surface area (Å²) in [4.78, 5) is 12.2. The summed E-state index contributed by atoms with van der Waals surface area (Å²) < 4.78 is 10.5. The van der Waals surface area contributed by atoms with Gasteiger partial charge in [0.15, 0.2) is 11.5 Å². The summed E-state index contributed by atoms with van der Waals surface area (Å²) in [5.74, 6) is 0.961. The minimum absolute atomic E-state index is 0.173. The summed E-state index contributed by atoms with van der Waals surface area (Å²) in [5, 5.41) is 1.94. The van der Waals surface area contributed by atoms with Gasteiger partial charge in [0.05, 0.1) is 5.56 Å². The van der Waals surface area contributed by atoms with E-state index in [4.69, 9.17) is 15.2 Å². The molecule has 6 heteroatoms. The normalized spacial score (nSPS) is 18.3. The van der Waals surface area contributed by atoms with Crippen molar-refractivity contribution in [1.29, 1.82) is 0 Å². The zero-order valence-electron chi connectivity index (χ0n) is 10.6. The largest absolute Gasteiger partial charge is 0.454 e. The van der Waals surface area contributed by atoms with Gasteiger partial charge in [0.1, 0.15) is 0 Å². The van der Waals surface area contributed by atoms with Gasteiger partial charge in [-0.05, 0) is 18.9 Å². The second-order valence-electron chi connectivity index (χ2n) is 4.78. The molecule has 0 radical (unpaired) electrons. The SMILES string of the molecule is Nc1cc2c(cc1C(=O)NN1CCCCC1)OCO2. The Bertz CT molecular complexity index is 498. The average Bonchev–Trinajstić information content (AvgIpc) is 2.86. The summed E-state index contributed by atoms with van der Waals surface area (Å²) >= 11 is 0. The lowest BCUT2D eigenvalue weighted by molar-refractivity contribution is 0.0750. The molecule has 2 heterocycles. The standard InChI is InChI=1S/C13H17N3O3/c14-10-7-12-11(18-8-19-12)6-9(10)13(17)15-16-4-2-1-3-5-16/h6-7H,1-5,8,14H2,(H,15,17). The number of nitrogens with zero attached hydrogens (tertiary/aromatic N) is 1. The molecule has 19 heavy (non-hydrogen) atoms. The Hall–Kier alpha value is -1.95. The Labute approximate surface area is 111 Å². The van der Waals surface area contributed by atoms with Crippen molar-refractivity contribution in [3.63, 3.8) is 0 Å². The number of hydrogen-bond acceptors (Lipinski definition) is 5. The summed E-state index contributed by atoms with van der Waals surface area (Å²) in [6, 6.07) is 3.27. The van der Waals surface area contributed by atoms with Crippen LogP contribution in [0.3, 0.4) is 0 Å². The van der Waals surface area contributed by atoms with E-state index in [1.807, 2.05) is 5.01 Å². The monoisotopic (exact) mass is 263 g/mol. The number of ether oxygens (including phenoxy) is 2. The van der Waals surface area contributed by atoms with Crippen LogP contribution in [0, 0.1) is 0 Å². The van der Waals surface area contributed by atoms with Crippen LogP contribution in [-0.2, 0) is 0 Å². The Morgan fingerprint density at radius 3 is 2.58 bits per heavy atom. The fourth-order valence-electron chi connectivity index (χ4n) is 2.36. The van der Waals surface area contributed by atoms with Crippen LogP contribution in [0.15, 0.2) is 12.1 Å². The van der Waals surface area contributed by atoms with Crippen LogP contribution < -0.4 is 20.6 Å². The van der Waals surface area contributed by atoms with Gasteiger partial charge in [-0.15, -0.1) is 0 Å². The van der Waals surface area contributed by atoms with Crippen molar-refractivity contribution >= 4 is 11.6 Å². The lowest BCUT2D eigenvalue weighted by Crippen LogP contribution is -2.45. The number of rotatable bonds is 2. The molecule has 2 aliphatic rings. The van der Waals surface area contributed by atoms with E-state index in [-0.39, 0.29) is 12.7 Å². The Kier molecular flexibility index (Phi) is 3.16. The highest BCUT2D eigenvalue weighted by molar-refractivity contribution is 5.99. The maximum atomic E-state index is 12.2. The first-order valence-corrected chi connectivity index (χ1v) is 6.49. The number of carbonyl (C=O) groups is 1. The second-order valence-corrected chi connectivity index (χ2v) is 4.78. The summed E-state index contributed by atoms with van der Waals surface area (Å²) in [7, 11) is 0. The van der Waals surface area contributed by atoms with Crippen molar-refractivity contribution < 1.29 is 14.3 Å². The number of fused-ring (bicyclic) bond motifs is 1. The Morgan fingerprint density at radius 1 is 1.16 bits per heavy atom. The smallest absolute Gasteiger partial charge is 0.267 e. The van der Waals surface area contributed by atoms with Crippen LogP contribution in [0.2, 0.25) is 0 Å². The lowest BCUT2D eigenvalue weighted by Gasteiger charge is -2.27. The molecular formula is C13H17N3O3. The maximum absolute atomic E-state index is 12.2. The number of amides is 1. The van der Waals surface area contributed by atoms with Crippen molar-refractivity contribution in [2.75, 3.05) is 25.6 Å². The van der Waals surface area contributed by atoms with E-state index in [0.29, 0.717) is 22.7 Å². The number of benzene rings is 1. The summed E-state index contributed by atoms with van der Waals surface area (Å²) in [6.07, 6.45) is 3.44. The van der Waals surface area contributed by atoms with Crippen LogP contribution >= 0.6 is 0 Å². The first-order chi connectivity index (χ1) is 9.24. The molecule has 6 nitrogen and oxygen atoms in total. The minimum atomic E-state index is -0.197. The summed E-state index contributed by atoms with van der Waals surface area (Å²) in [6.45, 7) is 1.94. The molecule has 1 saturated heterocycles. The van der Waals surface area contributed by atoms with Gasteiger partial charge in [-0.1, -0.05) is 6.42 Å². The highest BCUT2D eigenvalue weighted by Crippen LogP contribution is 2.35. The molecule has 1 aromatic carbocycles. The topological polar surface area (TPSA) is 76.8 Å². The lowest BCUT2D eigenvalue weighted by atomic mass is 10.1. The van der Waals surface area contributed by atoms with E-state index in [9.17, 15) is 4.79 Å². The van der Waals surface area contributed by atoms with Gasteiger partial charge in [-0.2, -0.15) is 0 Å². The van der Waals surface area contributed by atoms with Gasteiger partial charge < -0.3 is 15.2 Å². The number of hydrogen-bond donors (Lipinski definition) is 2. The molecule has 102 valence electrons. The van der Waals surface area contributed by atoms with Gasteiger partial charge in [-0.3, -0.25) is 10.2 Å². The van der Waals surface area contributed by atoms with E-state index in [0.717, 1.165) is 25.9 Å². The average molecular weight is 263 g/mol. The van der Waals surface area contributed by atoms with Crippen LogP contribution in [0.4, 0.5) is 5.69 Å². The first kappa shape index (κ1) is 12.1. The maximum Gasteiger partial charge on any atom is 0.267 e. The minimum Gasteiger partial charge on any atom is -0.454 e. The number of carbonyl (C=O) groups excluding carboxylic acids is 1. The highest BCUT2D eigenvalue weighted by atomic mass is 16.7. The quantitative estimate of drug-likeness (QED) is 0.782. The van der Waals surface area contributed by atoms with Gasteiger partial charge in [0.2, 0.25) is 6.79 Å². The molecular weight excluding hydrogens is 246 g/mol. The molecule has 3 rings (SSSR count). The number of piperidine rings is 1. The van der Waals surface area contributed by atoms with Gasteiger partial charge >= 0.3 is 0 Å².